The number of carbonyl (C=O) groups excluding carboxylic acids is 2. The Morgan fingerprint density at radius 1 is 1.25 bits per heavy atom. The van der Waals surface area contributed by atoms with Crippen LogP contribution in [-0.2, 0) is 4.74 Å². The molecule has 0 atom stereocenters. The smallest absolute Gasteiger partial charge is 0.339 e. The molecule has 0 aliphatic heterocycles. The summed E-state index contributed by atoms with van der Waals surface area (Å²) >= 11 is 0. The standard InChI is InChI=1S/C21H27N3O4/c1-13-17(21(26)27-3)14(2)23-18(13)20(25)24-19-16(10-7-11-22-19)28-12-15-8-5-4-6-9-15/h7,10-11,15,23H,4-6,8-9,12H2,1-3H3,(H,22,24,25). The Bertz CT molecular complexity index is 853. The van der Waals surface area contributed by atoms with Crippen LogP contribution >= 0.6 is 0 Å². The molecule has 1 fully saturated rings. The van der Waals surface area contributed by atoms with E-state index in [1.54, 1.807) is 32.2 Å². The van der Waals surface area contributed by atoms with Gasteiger partial charge in [-0.25, -0.2) is 9.78 Å². The highest BCUT2D eigenvalue weighted by Gasteiger charge is 2.23. The number of esters is 1. The van der Waals surface area contributed by atoms with Crippen molar-refractivity contribution >= 4 is 17.7 Å². The van der Waals surface area contributed by atoms with Crippen molar-refractivity contribution in [1.82, 2.24) is 9.97 Å². The fourth-order valence-electron chi connectivity index (χ4n) is 3.72. The molecule has 2 heterocycles. The quantitative estimate of drug-likeness (QED) is 0.733. The number of aryl methyl sites for hydroxylation is 1. The highest BCUT2D eigenvalue weighted by Crippen LogP contribution is 2.27. The Balaban J connectivity index is 1.73. The van der Waals surface area contributed by atoms with Crippen LogP contribution in [0.4, 0.5) is 5.82 Å². The van der Waals surface area contributed by atoms with Crippen molar-refractivity contribution in [3.8, 4) is 5.75 Å². The first kappa shape index (κ1) is 19.9. The van der Waals surface area contributed by atoms with Crippen molar-refractivity contribution in [3.05, 3.63) is 40.8 Å². The molecule has 7 nitrogen and oxygen atoms in total. The minimum absolute atomic E-state index is 0.307. The zero-order valence-corrected chi connectivity index (χ0v) is 16.6. The third-order valence-corrected chi connectivity index (χ3v) is 5.26. The first-order valence-electron chi connectivity index (χ1n) is 9.68. The zero-order chi connectivity index (χ0) is 20.1. The number of anilines is 1. The monoisotopic (exact) mass is 385 g/mol. The summed E-state index contributed by atoms with van der Waals surface area (Å²) in [4.78, 5) is 31.9. The summed E-state index contributed by atoms with van der Waals surface area (Å²) in [5.41, 5.74) is 1.82. The van der Waals surface area contributed by atoms with Crippen LogP contribution < -0.4 is 10.1 Å². The van der Waals surface area contributed by atoms with Crippen LogP contribution in [0.5, 0.6) is 5.75 Å². The third kappa shape index (κ3) is 4.35. The number of ether oxygens (including phenoxy) is 2. The number of H-pyrrole nitrogens is 1. The number of hydrogen-bond donors (Lipinski definition) is 2. The van der Waals surface area contributed by atoms with E-state index < -0.39 is 5.97 Å². The summed E-state index contributed by atoms with van der Waals surface area (Å²) in [6.07, 6.45) is 7.76. The molecule has 3 rings (SSSR count). The number of methoxy groups -OCH3 is 1. The van der Waals surface area contributed by atoms with Gasteiger partial charge in [0.1, 0.15) is 5.69 Å². The number of nitrogens with zero attached hydrogens (tertiary/aromatic N) is 1. The summed E-state index contributed by atoms with van der Waals surface area (Å²) in [6.45, 7) is 4.07. The Morgan fingerprint density at radius 3 is 2.71 bits per heavy atom. The van der Waals surface area contributed by atoms with E-state index in [-0.39, 0.29) is 5.91 Å². The zero-order valence-electron chi connectivity index (χ0n) is 16.6. The summed E-state index contributed by atoms with van der Waals surface area (Å²) in [5, 5.41) is 2.79. The highest BCUT2D eigenvalue weighted by atomic mass is 16.5. The molecule has 1 saturated carbocycles. The molecule has 2 aromatic rings. The van der Waals surface area contributed by atoms with Gasteiger partial charge in [-0.3, -0.25) is 4.79 Å². The van der Waals surface area contributed by atoms with Crippen LogP contribution in [-0.4, -0.2) is 35.6 Å². The lowest BCUT2D eigenvalue weighted by atomic mass is 9.90. The summed E-state index contributed by atoms with van der Waals surface area (Å²) < 4.78 is 10.8. The molecular weight excluding hydrogens is 358 g/mol. The molecule has 28 heavy (non-hydrogen) atoms. The third-order valence-electron chi connectivity index (χ3n) is 5.26. The number of pyridine rings is 1. The first-order valence-corrected chi connectivity index (χ1v) is 9.68. The number of nitrogens with one attached hydrogen (secondary N) is 2. The average molecular weight is 385 g/mol. The van der Waals surface area contributed by atoms with Gasteiger partial charge in [0.2, 0.25) is 0 Å². The molecule has 0 bridgehead atoms. The van der Waals surface area contributed by atoms with E-state index in [9.17, 15) is 9.59 Å². The fourth-order valence-corrected chi connectivity index (χ4v) is 3.72. The van der Waals surface area contributed by atoms with E-state index in [0.29, 0.717) is 46.6 Å². The molecular formula is C21H27N3O4. The molecule has 0 radical (unpaired) electrons. The van der Waals surface area contributed by atoms with E-state index in [0.717, 1.165) is 0 Å². The predicted octanol–water partition coefficient (Wildman–Crippen LogP) is 4.02. The van der Waals surface area contributed by atoms with E-state index in [1.165, 1.54) is 39.2 Å². The molecule has 0 aromatic carbocycles. The van der Waals surface area contributed by atoms with Gasteiger partial charge in [0.25, 0.3) is 5.91 Å². The summed E-state index contributed by atoms with van der Waals surface area (Å²) in [7, 11) is 1.32. The Morgan fingerprint density at radius 2 is 2.00 bits per heavy atom. The van der Waals surface area contributed by atoms with Gasteiger partial charge in [0, 0.05) is 11.9 Å². The van der Waals surface area contributed by atoms with Crippen LogP contribution in [0.1, 0.15) is 64.2 Å². The van der Waals surface area contributed by atoms with E-state index in [1.807, 2.05) is 0 Å². The second kappa shape index (κ2) is 8.91. The molecule has 1 aliphatic carbocycles. The first-order chi connectivity index (χ1) is 13.5. The van der Waals surface area contributed by atoms with Gasteiger partial charge in [-0.15, -0.1) is 0 Å². The van der Waals surface area contributed by atoms with Crippen molar-refractivity contribution in [1.29, 1.82) is 0 Å². The molecule has 1 aliphatic rings. The SMILES string of the molecule is COC(=O)c1c(C)[nH]c(C(=O)Nc2ncccc2OCC2CCCCC2)c1C. The number of aromatic amines is 1. The van der Waals surface area contributed by atoms with Gasteiger partial charge >= 0.3 is 5.97 Å². The summed E-state index contributed by atoms with van der Waals surface area (Å²) in [6, 6.07) is 3.59. The van der Waals surface area contributed by atoms with Gasteiger partial charge in [-0.05, 0) is 50.3 Å². The van der Waals surface area contributed by atoms with Crippen molar-refractivity contribution in [3.63, 3.8) is 0 Å². The molecule has 1 amide bonds. The van der Waals surface area contributed by atoms with Crippen LogP contribution in [0, 0.1) is 19.8 Å². The summed E-state index contributed by atoms with van der Waals surface area (Å²) in [5.74, 6) is 0.621. The number of carbonyl (C=O) groups is 2. The van der Waals surface area contributed by atoms with Crippen LogP contribution in [0.25, 0.3) is 0 Å². The Kier molecular flexibility index (Phi) is 6.34. The molecule has 150 valence electrons. The fraction of sp³-hybridized carbons (Fsp3) is 0.476. The van der Waals surface area contributed by atoms with Crippen LogP contribution in [0.2, 0.25) is 0 Å². The maximum absolute atomic E-state index is 12.8. The van der Waals surface area contributed by atoms with Gasteiger partial charge in [0.05, 0.1) is 19.3 Å². The van der Waals surface area contributed by atoms with Gasteiger partial charge < -0.3 is 19.8 Å². The highest BCUT2D eigenvalue weighted by molar-refractivity contribution is 6.06. The van der Waals surface area contributed by atoms with Crippen LogP contribution in [0.3, 0.4) is 0 Å². The van der Waals surface area contributed by atoms with Crippen molar-refractivity contribution in [2.45, 2.75) is 46.0 Å². The molecule has 2 N–H and O–H groups in total. The topological polar surface area (TPSA) is 93.3 Å². The number of rotatable bonds is 6. The number of amides is 1. The predicted molar refractivity (Wildman–Crippen MR) is 106 cm³/mol. The number of aromatic nitrogens is 2. The maximum Gasteiger partial charge on any atom is 0.339 e. The lowest BCUT2D eigenvalue weighted by molar-refractivity contribution is 0.0599. The van der Waals surface area contributed by atoms with Gasteiger partial charge in [0.15, 0.2) is 11.6 Å². The minimum Gasteiger partial charge on any atom is -0.489 e. The van der Waals surface area contributed by atoms with E-state index in [2.05, 4.69) is 15.3 Å². The van der Waals surface area contributed by atoms with Crippen molar-refractivity contribution < 1.29 is 19.1 Å². The normalized spacial score (nSPS) is 14.5. The minimum atomic E-state index is -0.473. The van der Waals surface area contributed by atoms with E-state index >= 15 is 0 Å². The largest absolute Gasteiger partial charge is 0.489 e. The lowest BCUT2D eigenvalue weighted by Gasteiger charge is -2.22. The maximum atomic E-state index is 12.8. The molecule has 0 saturated heterocycles. The molecule has 2 aromatic heterocycles. The molecule has 7 heteroatoms. The van der Waals surface area contributed by atoms with Crippen LogP contribution in [0.15, 0.2) is 18.3 Å². The second-order valence-electron chi connectivity index (χ2n) is 7.24. The van der Waals surface area contributed by atoms with Crippen molar-refractivity contribution in [2.24, 2.45) is 5.92 Å². The Labute approximate surface area is 164 Å². The second-order valence-corrected chi connectivity index (χ2v) is 7.24. The molecule has 0 spiro atoms. The molecule has 0 unspecified atom stereocenters. The lowest BCUT2D eigenvalue weighted by Crippen LogP contribution is -2.18. The van der Waals surface area contributed by atoms with Crippen molar-refractivity contribution in [2.75, 3.05) is 19.0 Å². The number of hydrogen-bond acceptors (Lipinski definition) is 5. The van der Waals surface area contributed by atoms with Gasteiger partial charge in [-0.1, -0.05) is 19.3 Å². The van der Waals surface area contributed by atoms with Gasteiger partial charge in [-0.2, -0.15) is 0 Å². The Hall–Kier alpha value is -2.83. The average Bonchev–Trinajstić information content (AvgIpc) is 3.01. The van der Waals surface area contributed by atoms with E-state index in [4.69, 9.17) is 9.47 Å².